The minimum absolute atomic E-state index is 0.0693. The Bertz CT molecular complexity index is 1050. The maximum absolute atomic E-state index is 13.2. The Kier molecular flexibility index (Phi) is 5.55. The predicted molar refractivity (Wildman–Crippen MR) is 103 cm³/mol. The highest BCUT2D eigenvalue weighted by Crippen LogP contribution is 2.31. The quantitative estimate of drug-likeness (QED) is 0.633. The highest BCUT2D eigenvalue weighted by atomic mass is 19.4. The Labute approximate surface area is 169 Å². The number of amides is 1. The number of nitrogens with zero attached hydrogens (tertiary/aromatic N) is 5. The van der Waals surface area contributed by atoms with Crippen LogP contribution in [0.1, 0.15) is 24.5 Å². The predicted octanol–water partition coefficient (Wildman–Crippen LogP) is 3.80. The molecule has 0 bridgehead atoms. The molecule has 3 aromatic rings. The lowest BCUT2D eigenvalue weighted by atomic mass is 10.3. The van der Waals surface area contributed by atoms with E-state index in [0.29, 0.717) is 17.2 Å². The van der Waals surface area contributed by atoms with E-state index in [1.165, 1.54) is 49.0 Å². The van der Waals surface area contributed by atoms with Crippen LogP contribution >= 0.6 is 0 Å². The van der Waals surface area contributed by atoms with E-state index in [9.17, 15) is 22.4 Å². The molecule has 0 aliphatic carbocycles. The lowest BCUT2D eigenvalue weighted by Gasteiger charge is -2.19. The van der Waals surface area contributed by atoms with Crippen LogP contribution in [0.15, 0.2) is 36.7 Å². The summed E-state index contributed by atoms with van der Waals surface area (Å²) in [5, 5.41) is 6.95. The topological polar surface area (TPSA) is 68.0 Å². The van der Waals surface area contributed by atoms with Crippen LogP contribution in [-0.4, -0.2) is 39.3 Å². The third-order valence-electron chi connectivity index (χ3n) is 4.50. The monoisotopic (exact) mass is 424 g/mol. The molecular weight excluding hydrogens is 404 g/mol. The number of carbonyl (C=O) groups excluding carboxylic acids is 1. The fourth-order valence-electron chi connectivity index (χ4n) is 3.01. The first-order valence-electron chi connectivity index (χ1n) is 8.94. The molecule has 1 amide bonds. The molecule has 0 aliphatic rings. The third-order valence-corrected chi connectivity index (χ3v) is 4.50. The molecule has 0 saturated heterocycles. The normalized spacial score (nSPS) is 12.7. The van der Waals surface area contributed by atoms with E-state index in [1.807, 2.05) is 0 Å². The van der Waals surface area contributed by atoms with Gasteiger partial charge in [-0.15, -0.1) is 0 Å². The fourth-order valence-corrected chi connectivity index (χ4v) is 3.01. The molecule has 0 aliphatic heterocycles. The van der Waals surface area contributed by atoms with Crippen LogP contribution in [0.3, 0.4) is 0 Å². The summed E-state index contributed by atoms with van der Waals surface area (Å²) >= 11 is 0. The summed E-state index contributed by atoms with van der Waals surface area (Å²) in [7, 11) is 3.48. The molecule has 1 aromatic carbocycles. The second-order valence-corrected chi connectivity index (χ2v) is 6.91. The number of hydrogen-bond acceptors (Lipinski definition) is 4. The standard InChI is InChI=1S/C19H20F4N6O/c1-11(28-10-16(19(21,22)23)25-12(28)2)17(30)26-15-9-24-29(18(15)27(3)4)14-7-5-13(20)6-8-14/h5-11H,1-4H3,(H,26,30)/t11-/m1/s1. The molecule has 0 unspecified atom stereocenters. The minimum atomic E-state index is -4.60. The fraction of sp³-hybridized carbons (Fsp3) is 0.316. The molecular formula is C19H20F4N6O. The molecule has 7 nitrogen and oxygen atoms in total. The van der Waals surface area contributed by atoms with Crippen LogP contribution < -0.4 is 10.2 Å². The van der Waals surface area contributed by atoms with E-state index in [4.69, 9.17) is 0 Å². The second-order valence-electron chi connectivity index (χ2n) is 6.91. The molecule has 3 rings (SSSR count). The van der Waals surface area contributed by atoms with Crippen molar-refractivity contribution in [3.8, 4) is 5.69 Å². The maximum Gasteiger partial charge on any atom is 0.434 e. The Balaban J connectivity index is 1.88. The molecule has 0 fully saturated rings. The summed E-state index contributed by atoms with van der Waals surface area (Å²) in [5.74, 6) is -0.347. The Hall–Kier alpha value is -3.37. The number of aromatic nitrogens is 4. The lowest BCUT2D eigenvalue weighted by molar-refractivity contribution is -0.141. The molecule has 0 spiro atoms. The van der Waals surface area contributed by atoms with Crippen molar-refractivity contribution in [3.05, 3.63) is 54.0 Å². The van der Waals surface area contributed by atoms with Gasteiger partial charge in [-0.05, 0) is 38.1 Å². The molecule has 2 heterocycles. The first-order chi connectivity index (χ1) is 14.0. The maximum atomic E-state index is 13.2. The van der Waals surface area contributed by atoms with Gasteiger partial charge in [0.15, 0.2) is 11.5 Å². The highest BCUT2D eigenvalue weighted by Gasteiger charge is 2.35. The number of nitrogens with one attached hydrogen (secondary N) is 1. The Morgan fingerprint density at radius 3 is 2.37 bits per heavy atom. The zero-order valence-electron chi connectivity index (χ0n) is 16.7. The van der Waals surface area contributed by atoms with E-state index in [1.54, 1.807) is 19.0 Å². The van der Waals surface area contributed by atoms with Gasteiger partial charge < -0.3 is 14.8 Å². The smallest absolute Gasteiger partial charge is 0.361 e. The number of rotatable bonds is 5. The van der Waals surface area contributed by atoms with Crippen LogP contribution in [0.25, 0.3) is 5.69 Å². The SMILES string of the molecule is Cc1nc(C(F)(F)F)cn1[C@H](C)C(=O)Nc1cnn(-c2ccc(F)cc2)c1N(C)C. The van der Waals surface area contributed by atoms with Gasteiger partial charge in [-0.1, -0.05) is 0 Å². The van der Waals surface area contributed by atoms with Gasteiger partial charge in [0.2, 0.25) is 5.91 Å². The van der Waals surface area contributed by atoms with Gasteiger partial charge in [0.1, 0.15) is 23.4 Å². The molecule has 30 heavy (non-hydrogen) atoms. The summed E-state index contributed by atoms with van der Waals surface area (Å²) < 4.78 is 54.6. The highest BCUT2D eigenvalue weighted by molar-refractivity contribution is 5.96. The van der Waals surface area contributed by atoms with Gasteiger partial charge >= 0.3 is 6.18 Å². The molecule has 0 saturated carbocycles. The van der Waals surface area contributed by atoms with Gasteiger partial charge in [-0.25, -0.2) is 14.1 Å². The van der Waals surface area contributed by atoms with Crippen LogP contribution in [-0.2, 0) is 11.0 Å². The van der Waals surface area contributed by atoms with Crippen LogP contribution in [0.5, 0.6) is 0 Å². The summed E-state index contributed by atoms with van der Waals surface area (Å²) in [6.45, 7) is 2.88. The van der Waals surface area contributed by atoms with E-state index in [0.717, 1.165) is 10.8 Å². The Morgan fingerprint density at radius 1 is 1.20 bits per heavy atom. The number of halogens is 4. The Morgan fingerprint density at radius 2 is 1.83 bits per heavy atom. The zero-order chi connectivity index (χ0) is 22.2. The molecule has 160 valence electrons. The zero-order valence-corrected chi connectivity index (χ0v) is 16.7. The number of carbonyl (C=O) groups is 1. The van der Waals surface area contributed by atoms with Crippen LogP contribution in [0, 0.1) is 12.7 Å². The van der Waals surface area contributed by atoms with Gasteiger partial charge in [-0.3, -0.25) is 4.79 Å². The molecule has 1 N–H and O–H groups in total. The minimum Gasteiger partial charge on any atom is -0.361 e. The van der Waals surface area contributed by atoms with E-state index >= 15 is 0 Å². The number of benzene rings is 1. The summed E-state index contributed by atoms with van der Waals surface area (Å²) in [6.07, 6.45) is -2.36. The van der Waals surface area contributed by atoms with Crippen molar-refractivity contribution in [1.29, 1.82) is 0 Å². The van der Waals surface area contributed by atoms with Crippen LogP contribution in [0.2, 0.25) is 0 Å². The van der Waals surface area contributed by atoms with Crippen LogP contribution in [0.4, 0.5) is 29.1 Å². The average molecular weight is 424 g/mol. The van der Waals surface area contributed by atoms with Crippen molar-refractivity contribution in [3.63, 3.8) is 0 Å². The van der Waals surface area contributed by atoms with Crippen molar-refractivity contribution < 1.29 is 22.4 Å². The van der Waals surface area contributed by atoms with Gasteiger partial charge in [0.25, 0.3) is 0 Å². The van der Waals surface area contributed by atoms with E-state index < -0.39 is 29.6 Å². The largest absolute Gasteiger partial charge is 0.434 e. The number of aryl methyl sites for hydroxylation is 1. The second kappa shape index (κ2) is 7.81. The van der Waals surface area contributed by atoms with E-state index in [-0.39, 0.29) is 5.82 Å². The number of imidazole rings is 1. The van der Waals surface area contributed by atoms with Gasteiger partial charge in [0.05, 0.1) is 11.9 Å². The average Bonchev–Trinajstić information content (AvgIpc) is 3.25. The molecule has 2 aromatic heterocycles. The van der Waals surface area contributed by atoms with Crippen molar-refractivity contribution in [2.45, 2.75) is 26.1 Å². The van der Waals surface area contributed by atoms with Crippen molar-refractivity contribution >= 4 is 17.4 Å². The lowest BCUT2D eigenvalue weighted by Crippen LogP contribution is -2.25. The molecule has 11 heteroatoms. The summed E-state index contributed by atoms with van der Waals surface area (Å²) in [6, 6.07) is 4.71. The van der Waals surface area contributed by atoms with Gasteiger partial charge in [-0.2, -0.15) is 18.3 Å². The van der Waals surface area contributed by atoms with Crippen molar-refractivity contribution in [1.82, 2.24) is 19.3 Å². The molecule has 1 atom stereocenters. The number of anilines is 2. The molecule has 0 radical (unpaired) electrons. The number of alkyl halides is 3. The van der Waals surface area contributed by atoms with Crippen molar-refractivity contribution in [2.24, 2.45) is 0 Å². The summed E-state index contributed by atoms with van der Waals surface area (Å²) in [4.78, 5) is 17.9. The first kappa shape index (κ1) is 21.3. The third kappa shape index (κ3) is 4.14. The van der Waals surface area contributed by atoms with Crippen molar-refractivity contribution in [2.75, 3.05) is 24.3 Å². The number of hydrogen-bond donors (Lipinski definition) is 1. The van der Waals surface area contributed by atoms with Gasteiger partial charge in [0, 0.05) is 20.3 Å². The first-order valence-corrected chi connectivity index (χ1v) is 8.94. The summed E-state index contributed by atoms with van der Waals surface area (Å²) in [5.41, 5.74) is -0.123. The van der Waals surface area contributed by atoms with E-state index in [2.05, 4.69) is 15.4 Å².